The summed E-state index contributed by atoms with van der Waals surface area (Å²) in [6.07, 6.45) is 4.67. The van der Waals surface area contributed by atoms with Crippen molar-refractivity contribution in [1.82, 2.24) is 4.90 Å². The molecule has 7 heteroatoms. The van der Waals surface area contributed by atoms with E-state index in [1.54, 1.807) is 30.4 Å². The summed E-state index contributed by atoms with van der Waals surface area (Å²) >= 11 is 11.9. The van der Waals surface area contributed by atoms with Crippen LogP contribution < -0.4 is 4.74 Å². The Morgan fingerprint density at radius 1 is 1.21 bits per heavy atom. The van der Waals surface area contributed by atoms with Crippen LogP contribution in [0.3, 0.4) is 0 Å². The minimum atomic E-state index is -0.473. The van der Waals surface area contributed by atoms with Gasteiger partial charge in [0.15, 0.2) is 11.5 Å². The summed E-state index contributed by atoms with van der Waals surface area (Å²) in [6.45, 7) is 1.53. The number of benzene rings is 2. The van der Waals surface area contributed by atoms with Gasteiger partial charge in [-0.05, 0) is 62.3 Å². The minimum Gasteiger partial charge on any atom is -0.504 e. The lowest BCUT2D eigenvalue weighted by Crippen LogP contribution is -2.23. The van der Waals surface area contributed by atoms with Crippen molar-refractivity contribution in [3.8, 4) is 11.5 Å². The molecule has 1 aliphatic heterocycles. The van der Waals surface area contributed by atoms with Gasteiger partial charge < -0.3 is 19.5 Å². The first-order valence-electron chi connectivity index (χ1n) is 9.30. The van der Waals surface area contributed by atoms with Gasteiger partial charge in [0, 0.05) is 12.1 Å². The molecule has 3 rings (SSSR count). The smallest absolute Gasteiger partial charge is 0.338 e. The van der Waals surface area contributed by atoms with Crippen molar-refractivity contribution in [2.24, 2.45) is 0 Å². The fourth-order valence-corrected chi connectivity index (χ4v) is 3.58. The normalized spacial score (nSPS) is 18.6. The number of carbonyl (C=O) groups excluding carboxylic acids is 1. The van der Waals surface area contributed by atoms with Crippen molar-refractivity contribution in [2.75, 3.05) is 20.7 Å². The third kappa shape index (κ3) is 5.24. The van der Waals surface area contributed by atoms with E-state index in [9.17, 15) is 9.90 Å². The number of aromatic hydroxyl groups is 1. The van der Waals surface area contributed by atoms with E-state index < -0.39 is 12.1 Å². The number of nitrogens with zero attached hydrogens (tertiary/aromatic N) is 1. The zero-order chi connectivity index (χ0) is 21.0. The highest BCUT2D eigenvalue weighted by atomic mass is 35.5. The summed E-state index contributed by atoms with van der Waals surface area (Å²) in [5.41, 5.74) is 1.97. The highest BCUT2D eigenvalue weighted by molar-refractivity contribution is 6.42. The minimum absolute atomic E-state index is 0.0739. The van der Waals surface area contributed by atoms with E-state index in [4.69, 9.17) is 32.7 Å². The molecule has 0 aliphatic carbocycles. The number of halogens is 2. The van der Waals surface area contributed by atoms with Gasteiger partial charge in [-0.2, -0.15) is 0 Å². The molecule has 1 atom stereocenters. The Balaban J connectivity index is 1.87. The number of rotatable bonds is 3. The maximum absolute atomic E-state index is 12.6. The summed E-state index contributed by atoms with van der Waals surface area (Å²) in [5, 5.41) is 11.3. The monoisotopic (exact) mass is 435 g/mol. The fourth-order valence-electron chi connectivity index (χ4n) is 3.28. The van der Waals surface area contributed by atoms with Gasteiger partial charge in [0.2, 0.25) is 0 Å². The van der Waals surface area contributed by atoms with Crippen molar-refractivity contribution in [1.29, 1.82) is 0 Å². The molecule has 5 nitrogen and oxygen atoms in total. The molecule has 0 saturated carbocycles. The van der Waals surface area contributed by atoms with Crippen LogP contribution in [0.15, 0.2) is 36.4 Å². The van der Waals surface area contributed by atoms with E-state index in [1.807, 2.05) is 13.1 Å². The number of hydrogen-bond donors (Lipinski definition) is 1. The molecule has 29 heavy (non-hydrogen) atoms. The molecule has 1 heterocycles. The van der Waals surface area contributed by atoms with E-state index in [2.05, 4.69) is 4.90 Å². The number of phenols is 1. The highest BCUT2D eigenvalue weighted by Crippen LogP contribution is 2.34. The first-order chi connectivity index (χ1) is 13.9. The van der Waals surface area contributed by atoms with Crippen molar-refractivity contribution >= 4 is 35.2 Å². The lowest BCUT2D eigenvalue weighted by molar-refractivity contribution is 0.0374. The molecule has 154 valence electrons. The third-order valence-electron chi connectivity index (χ3n) is 4.85. The average Bonchev–Trinajstić information content (AvgIpc) is 2.69. The van der Waals surface area contributed by atoms with Crippen LogP contribution in [0.2, 0.25) is 10.0 Å². The van der Waals surface area contributed by atoms with Crippen LogP contribution in [0.25, 0.3) is 6.08 Å². The van der Waals surface area contributed by atoms with Gasteiger partial charge in [0.25, 0.3) is 0 Å². The predicted molar refractivity (Wildman–Crippen MR) is 115 cm³/mol. The zero-order valence-electron chi connectivity index (χ0n) is 16.3. The van der Waals surface area contributed by atoms with Crippen LogP contribution in [0.1, 0.15) is 34.3 Å². The maximum Gasteiger partial charge on any atom is 0.338 e. The number of ether oxygens (including phenoxy) is 2. The Morgan fingerprint density at radius 3 is 2.72 bits per heavy atom. The third-order valence-corrected chi connectivity index (χ3v) is 5.59. The SMILES string of the molecule is COc1ccc2c(c1O)/C=C\C(OC(=O)c1ccc(Cl)c(Cl)c1)CCCN(C)C2. The Morgan fingerprint density at radius 2 is 2.00 bits per heavy atom. The topological polar surface area (TPSA) is 59.0 Å². The Bertz CT molecular complexity index is 929. The first kappa shape index (κ1) is 21.5. The van der Waals surface area contributed by atoms with Crippen molar-refractivity contribution in [3.05, 3.63) is 63.1 Å². The maximum atomic E-state index is 12.6. The molecule has 0 spiro atoms. The van der Waals surface area contributed by atoms with Gasteiger partial charge >= 0.3 is 5.97 Å². The van der Waals surface area contributed by atoms with Crippen LogP contribution in [0.5, 0.6) is 11.5 Å². The second kappa shape index (κ2) is 9.53. The molecule has 1 aliphatic rings. The van der Waals surface area contributed by atoms with Gasteiger partial charge in [-0.3, -0.25) is 0 Å². The number of methoxy groups -OCH3 is 1. The van der Waals surface area contributed by atoms with Gasteiger partial charge in [-0.25, -0.2) is 4.79 Å². The molecular weight excluding hydrogens is 413 g/mol. The second-order valence-electron chi connectivity index (χ2n) is 7.00. The molecule has 1 N–H and O–H groups in total. The van der Waals surface area contributed by atoms with Gasteiger partial charge in [-0.15, -0.1) is 0 Å². The van der Waals surface area contributed by atoms with Gasteiger partial charge in [0.05, 0.1) is 22.7 Å². The summed E-state index contributed by atoms with van der Waals surface area (Å²) in [6, 6.07) is 8.34. The molecule has 0 bridgehead atoms. The molecule has 1 unspecified atom stereocenters. The van der Waals surface area contributed by atoms with Crippen molar-refractivity contribution in [2.45, 2.75) is 25.5 Å². The average molecular weight is 436 g/mol. The van der Waals surface area contributed by atoms with E-state index in [1.165, 1.54) is 13.2 Å². The van der Waals surface area contributed by atoms with Gasteiger partial charge in [-0.1, -0.05) is 35.3 Å². The van der Waals surface area contributed by atoms with E-state index in [0.29, 0.717) is 39.9 Å². The van der Waals surface area contributed by atoms with Crippen LogP contribution in [0, 0.1) is 0 Å². The van der Waals surface area contributed by atoms with Crippen molar-refractivity contribution in [3.63, 3.8) is 0 Å². The van der Waals surface area contributed by atoms with E-state index in [0.717, 1.165) is 18.5 Å². The molecular formula is C22H23Cl2NO4. The van der Waals surface area contributed by atoms with Crippen LogP contribution >= 0.6 is 23.2 Å². The lowest BCUT2D eigenvalue weighted by Gasteiger charge is -2.22. The Kier molecular flexibility index (Phi) is 7.06. The number of fused-ring (bicyclic) bond motifs is 1. The van der Waals surface area contributed by atoms with E-state index >= 15 is 0 Å². The second-order valence-corrected chi connectivity index (χ2v) is 7.82. The molecule has 0 fully saturated rings. The number of hydrogen-bond acceptors (Lipinski definition) is 5. The Labute approximate surface area is 180 Å². The Hall–Kier alpha value is -2.21. The number of phenolic OH excluding ortho intramolecular Hbond substituents is 1. The molecule has 0 amide bonds. The summed E-state index contributed by atoms with van der Waals surface area (Å²) in [7, 11) is 3.53. The lowest BCUT2D eigenvalue weighted by atomic mass is 10.0. The zero-order valence-corrected chi connectivity index (χ0v) is 17.8. The van der Waals surface area contributed by atoms with Gasteiger partial charge in [0.1, 0.15) is 6.10 Å². The summed E-state index contributed by atoms with van der Waals surface area (Å²) in [4.78, 5) is 14.7. The van der Waals surface area contributed by atoms with Crippen LogP contribution in [0.4, 0.5) is 0 Å². The van der Waals surface area contributed by atoms with Crippen LogP contribution in [-0.2, 0) is 11.3 Å². The van der Waals surface area contributed by atoms with E-state index in [-0.39, 0.29) is 5.75 Å². The quantitative estimate of drug-likeness (QED) is 0.673. The number of carbonyl (C=O) groups is 1. The number of esters is 1. The summed E-state index contributed by atoms with van der Waals surface area (Å²) in [5.74, 6) is 0.000893. The first-order valence-corrected chi connectivity index (χ1v) is 10.1. The summed E-state index contributed by atoms with van der Waals surface area (Å²) < 4.78 is 10.9. The molecule has 0 radical (unpaired) electrons. The largest absolute Gasteiger partial charge is 0.504 e. The van der Waals surface area contributed by atoms with Crippen LogP contribution in [-0.4, -0.2) is 42.8 Å². The highest BCUT2D eigenvalue weighted by Gasteiger charge is 2.18. The molecule has 0 aromatic heterocycles. The molecule has 2 aromatic carbocycles. The fraction of sp³-hybridized carbons (Fsp3) is 0.318. The standard InChI is InChI=1S/C22H23Cl2NO4/c1-25-11-3-4-16(29-22(27)14-5-9-18(23)19(24)12-14)7-8-17-15(13-25)6-10-20(28-2)21(17)26/h5-10,12,16,26H,3-4,11,13H2,1-2H3/b8-7-. The molecule has 0 saturated heterocycles. The predicted octanol–water partition coefficient (Wildman–Crippen LogP) is 5.17. The van der Waals surface area contributed by atoms with Crippen molar-refractivity contribution < 1.29 is 19.4 Å². The molecule has 2 aromatic rings.